The molecule has 3 heteroatoms. The van der Waals surface area contributed by atoms with Crippen molar-refractivity contribution in [3.05, 3.63) is 23.3 Å². The van der Waals surface area contributed by atoms with E-state index in [1.54, 1.807) is 0 Å². The predicted octanol–water partition coefficient (Wildman–Crippen LogP) is 3.24. The molecule has 0 amide bonds. The number of hydrogen-bond acceptors (Lipinski definition) is 3. The monoisotopic (exact) mass is 254 g/mol. The van der Waals surface area contributed by atoms with Crippen LogP contribution in [0.4, 0.5) is 0 Å². The van der Waals surface area contributed by atoms with Gasteiger partial charge in [-0.1, -0.05) is 17.7 Å². The van der Waals surface area contributed by atoms with Gasteiger partial charge in [-0.15, -0.1) is 0 Å². The van der Waals surface area contributed by atoms with Crippen molar-refractivity contribution in [2.45, 2.75) is 47.5 Å². The van der Waals surface area contributed by atoms with E-state index in [9.17, 15) is 4.79 Å². The number of carbonyl (C=O) groups is 1. The largest absolute Gasteiger partial charge is 0.461 e. The number of hydrogen-bond donors (Lipinski definition) is 1. The third kappa shape index (κ3) is 8.07. The summed E-state index contributed by atoms with van der Waals surface area (Å²) in [4.78, 5) is 11.5. The molecule has 0 aliphatic rings. The molecule has 0 aromatic rings. The number of aliphatic hydroxyl groups is 1. The Kier molecular flexibility index (Phi) is 7.60. The van der Waals surface area contributed by atoms with Gasteiger partial charge < -0.3 is 9.84 Å². The van der Waals surface area contributed by atoms with Gasteiger partial charge in [0.15, 0.2) is 0 Å². The summed E-state index contributed by atoms with van der Waals surface area (Å²) in [7, 11) is 0. The zero-order valence-electron chi connectivity index (χ0n) is 12.2. The lowest BCUT2D eigenvalue weighted by molar-refractivity contribution is -0.151. The average molecular weight is 254 g/mol. The first-order chi connectivity index (χ1) is 8.27. The molecule has 0 bridgehead atoms. The van der Waals surface area contributed by atoms with Crippen molar-refractivity contribution < 1.29 is 14.6 Å². The van der Waals surface area contributed by atoms with Gasteiger partial charge in [0.1, 0.15) is 6.61 Å². The second-order valence-electron chi connectivity index (χ2n) is 5.65. The van der Waals surface area contributed by atoms with Crippen LogP contribution in [0.2, 0.25) is 0 Å². The molecule has 0 atom stereocenters. The van der Waals surface area contributed by atoms with Gasteiger partial charge in [0, 0.05) is 0 Å². The zero-order valence-corrected chi connectivity index (χ0v) is 12.2. The van der Waals surface area contributed by atoms with E-state index in [0.29, 0.717) is 6.61 Å². The van der Waals surface area contributed by atoms with Crippen LogP contribution >= 0.6 is 0 Å². The summed E-state index contributed by atoms with van der Waals surface area (Å²) in [6.07, 6.45) is 5.71. The number of carbonyl (C=O) groups excluding carboxylic acids is 1. The predicted molar refractivity (Wildman–Crippen MR) is 74.2 cm³/mol. The Morgan fingerprint density at radius 1 is 1.17 bits per heavy atom. The Morgan fingerprint density at radius 3 is 2.28 bits per heavy atom. The second kappa shape index (κ2) is 8.09. The summed E-state index contributed by atoms with van der Waals surface area (Å²) in [5.41, 5.74) is 1.79. The van der Waals surface area contributed by atoms with Crippen molar-refractivity contribution in [2.75, 3.05) is 13.2 Å². The Bertz CT molecular complexity index is 319. The molecule has 0 saturated carbocycles. The standard InChI is InChI=1S/C15H26O3/c1-12(9-10-16)7-6-8-13(2)11-18-14(17)15(3,4)5/h8-9,16H,6-7,10-11H2,1-5H3/b12-9+,13-8+. The van der Waals surface area contributed by atoms with Crippen LogP contribution in [0, 0.1) is 5.41 Å². The molecule has 0 aliphatic heterocycles. The van der Waals surface area contributed by atoms with Crippen LogP contribution in [-0.4, -0.2) is 24.3 Å². The lowest BCUT2D eigenvalue weighted by Crippen LogP contribution is -2.23. The van der Waals surface area contributed by atoms with E-state index in [2.05, 4.69) is 6.08 Å². The average Bonchev–Trinajstić information content (AvgIpc) is 2.24. The van der Waals surface area contributed by atoms with Gasteiger partial charge in [0.2, 0.25) is 0 Å². The maximum absolute atomic E-state index is 11.5. The fraction of sp³-hybridized carbons (Fsp3) is 0.667. The van der Waals surface area contributed by atoms with Crippen LogP contribution in [0.1, 0.15) is 47.5 Å². The molecule has 0 fully saturated rings. The van der Waals surface area contributed by atoms with E-state index >= 15 is 0 Å². The van der Waals surface area contributed by atoms with E-state index < -0.39 is 5.41 Å². The molecule has 3 nitrogen and oxygen atoms in total. The SMILES string of the molecule is C/C(=C\CO)CC/C=C(\C)COC(=O)C(C)(C)C. The molecule has 0 heterocycles. The maximum atomic E-state index is 11.5. The summed E-state index contributed by atoms with van der Waals surface area (Å²) < 4.78 is 5.21. The Morgan fingerprint density at radius 2 is 1.78 bits per heavy atom. The van der Waals surface area contributed by atoms with Crippen LogP contribution in [0.15, 0.2) is 23.3 Å². The third-order valence-corrected chi connectivity index (χ3v) is 2.51. The Balaban J connectivity index is 4.00. The first-order valence-electron chi connectivity index (χ1n) is 6.36. The molecule has 104 valence electrons. The number of esters is 1. The molecule has 0 saturated heterocycles. The third-order valence-electron chi connectivity index (χ3n) is 2.51. The highest BCUT2D eigenvalue weighted by Crippen LogP contribution is 2.16. The van der Waals surface area contributed by atoms with E-state index in [1.807, 2.05) is 40.7 Å². The molecule has 0 aliphatic carbocycles. The van der Waals surface area contributed by atoms with E-state index in [1.165, 1.54) is 5.57 Å². The van der Waals surface area contributed by atoms with Crippen molar-refractivity contribution in [3.8, 4) is 0 Å². The Hall–Kier alpha value is -1.09. The molecule has 0 unspecified atom stereocenters. The van der Waals surface area contributed by atoms with Crippen molar-refractivity contribution >= 4 is 5.97 Å². The molecule has 0 radical (unpaired) electrons. The van der Waals surface area contributed by atoms with Crippen molar-refractivity contribution in [3.63, 3.8) is 0 Å². The van der Waals surface area contributed by atoms with Gasteiger partial charge in [0.25, 0.3) is 0 Å². The first kappa shape index (κ1) is 16.9. The summed E-state index contributed by atoms with van der Waals surface area (Å²) >= 11 is 0. The highest BCUT2D eigenvalue weighted by atomic mass is 16.5. The minimum Gasteiger partial charge on any atom is -0.461 e. The fourth-order valence-electron chi connectivity index (χ4n) is 1.26. The summed E-state index contributed by atoms with van der Waals surface area (Å²) in [6.45, 7) is 9.95. The number of allylic oxidation sites excluding steroid dienone is 2. The van der Waals surface area contributed by atoms with Gasteiger partial charge in [-0.05, 0) is 53.0 Å². The van der Waals surface area contributed by atoms with Gasteiger partial charge >= 0.3 is 5.97 Å². The quantitative estimate of drug-likeness (QED) is 0.584. The zero-order chi connectivity index (χ0) is 14.2. The second-order valence-corrected chi connectivity index (χ2v) is 5.65. The van der Waals surface area contributed by atoms with Gasteiger partial charge in [-0.3, -0.25) is 4.79 Å². The minimum absolute atomic E-state index is 0.0950. The number of rotatable bonds is 6. The van der Waals surface area contributed by atoms with E-state index in [0.717, 1.165) is 18.4 Å². The number of ether oxygens (including phenoxy) is 1. The topological polar surface area (TPSA) is 46.5 Å². The highest BCUT2D eigenvalue weighted by Gasteiger charge is 2.22. The lowest BCUT2D eigenvalue weighted by atomic mass is 9.97. The molecule has 0 aromatic heterocycles. The molecule has 1 N–H and O–H groups in total. The van der Waals surface area contributed by atoms with Crippen LogP contribution in [-0.2, 0) is 9.53 Å². The van der Waals surface area contributed by atoms with Crippen molar-refractivity contribution in [1.82, 2.24) is 0 Å². The van der Waals surface area contributed by atoms with Crippen LogP contribution in [0.5, 0.6) is 0 Å². The summed E-state index contributed by atoms with van der Waals surface area (Å²) in [6, 6.07) is 0. The van der Waals surface area contributed by atoms with Crippen LogP contribution in [0.25, 0.3) is 0 Å². The number of aliphatic hydroxyl groups excluding tert-OH is 1. The molecular formula is C15H26O3. The van der Waals surface area contributed by atoms with Crippen LogP contribution in [0.3, 0.4) is 0 Å². The fourth-order valence-corrected chi connectivity index (χ4v) is 1.26. The smallest absolute Gasteiger partial charge is 0.311 e. The molecular weight excluding hydrogens is 228 g/mol. The van der Waals surface area contributed by atoms with E-state index in [4.69, 9.17) is 9.84 Å². The molecule has 0 spiro atoms. The van der Waals surface area contributed by atoms with Crippen molar-refractivity contribution in [2.24, 2.45) is 5.41 Å². The minimum atomic E-state index is -0.444. The summed E-state index contributed by atoms with van der Waals surface area (Å²) in [5.74, 6) is -0.174. The molecule has 0 aromatic carbocycles. The normalized spacial score (nSPS) is 13.7. The molecule has 18 heavy (non-hydrogen) atoms. The summed E-state index contributed by atoms with van der Waals surface area (Å²) in [5, 5.41) is 8.72. The lowest BCUT2D eigenvalue weighted by Gasteiger charge is -2.16. The van der Waals surface area contributed by atoms with Crippen molar-refractivity contribution in [1.29, 1.82) is 0 Å². The van der Waals surface area contributed by atoms with Crippen LogP contribution < -0.4 is 0 Å². The van der Waals surface area contributed by atoms with Gasteiger partial charge in [-0.2, -0.15) is 0 Å². The van der Waals surface area contributed by atoms with Gasteiger partial charge in [-0.25, -0.2) is 0 Å². The van der Waals surface area contributed by atoms with Gasteiger partial charge in [0.05, 0.1) is 12.0 Å². The first-order valence-corrected chi connectivity index (χ1v) is 6.36. The molecule has 0 rings (SSSR count). The maximum Gasteiger partial charge on any atom is 0.311 e. The highest BCUT2D eigenvalue weighted by molar-refractivity contribution is 5.75. The van der Waals surface area contributed by atoms with E-state index in [-0.39, 0.29) is 12.6 Å². The Labute approximate surface area is 111 Å².